The minimum atomic E-state index is -2.47. The van der Waals surface area contributed by atoms with Crippen LogP contribution in [-0.2, 0) is 0 Å². The van der Waals surface area contributed by atoms with Gasteiger partial charge in [0, 0.05) is 12.4 Å². The molecule has 0 saturated heterocycles. The molecule has 5 heteroatoms. The smallest absolute Gasteiger partial charge is 0.0625 e. The summed E-state index contributed by atoms with van der Waals surface area (Å²) in [4.78, 5) is 0. The molecule has 0 radical (unpaired) electrons. The largest absolute Gasteiger partial charge is 0.286 e. The number of hydrogen-bond acceptors (Lipinski definition) is 3. The Labute approximate surface area is 59.1 Å². The van der Waals surface area contributed by atoms with E-state index in [9.17, 15) is 0 Å². The number of alkyl halides is 1. The molecule has 0 fully saturated rings. The first-order valence-corrected chi connectivity index (χ1v) is 4.96. The first-order valence-electron chi connectivity index (χ1n) is 2.13. The van der Waals surface area contributed by atoms with Crippen molar-refractivity contribution in [2.75, 3.05) is 18.1 Å². The highest BCUT2D eigenvalue weighted by atomic mass is 79.9. The summed E-state index contributed by atoms with van der Waals surface area (Å²) in [5, 5.41) is 0.607. The van der Waals surface area contributed by atoms with E-state index in [4.69, 9.17) is 9.11 Å². The summed E-state index contributed by atoms with van der Waals surface area (Å²) in [6.07, 6.45) is 0. The number of nitrogens with one attached hydrogen (secondary N) is 1. The second-order valence-corrected chi connectivity index (χ2v) is 4.21. The SMILES string of the molecule is CNS(O)(O)CCBr. The van der Waals surface area contributed by atoms with Crippen molar-refractivity contribution >= 4 is 26.7 Å². The summed E-state index contributed by atoms with van der Waals surface area (Å²) in [6, 6.07) is 0. The van der Waals surface area contributed by atoms with Gasteiger partial charge in [-0.05, 0) is 0 Å². The van der Waals surface area contributed by atoms with Gasteiger partial charge in [0.2, 0.25) is 0 Å². The van der Waals surface area contributed by atoms with Crippen LogP contribution in [0.3, 0.4) is 0 Å². The summed E-state index contributed by atoms with van der Waals surface area (Å²) >= 11 is 3.09. The fourth-order valence-electron chi connectivity index (χ4n) is 0.210. The van der Waals surface area contributed by atoms with E-state index >= 15 is 0 Å². The molecule has 0 aliphatic heterocycles. The average molecular weight is 204 g/mol. The zero-order valence-corrected chi connectivity index (χ0v) is 7.00. The molecular weight excluding hydrogens is 194 g/mol. The van der Waals surface area contributed by atoms with E-state index in [0.29, 0.717) is 11.1 Å². The van der Waals surface area contributed by atoms with E-state index in [2.05, 4.69) is 20.7 Å². The standard InChI is InChI=1S/C3H10BrNO2S/c1-5-8(6,7)3-2-4/h5-7H,2-3H2,1H3. The van der Waals surface area contributed by atoms with Crippen LogP contribution in [0.5, 0.6) is 0 Å². The molecule has 0 aliphatic carbocycles. The third-order valence-corrected chi connectivity index (χ3v) is 3.04. The average Bonchev–Trinajstić information content (AvgIpc) is 1.67. The molecule has 3 nitrogen and oxygen atoms in total. The molecule has 0 aromatic rings. The quantitative estimate of drug-likeness (QED) is 0.606. The van der Waals surface area contributed by atoms with E-state index in [1.807, 2.05) is 0 Å². The second kappa shape index (κ2) is 3.68. The molecule has 0 unspecified atom stereocenters. The first kappa shape index (κ1) is 8.71. The van der Waals surface area contributed by atoms with E-state index < -0.39 is 10.8 Å². The molecule has 0 saturated carbocycles. The Kier molecular flexibility index (Phi) is 4.01. The maximum absolute atomic E-state index is 8.82. The van der Waals surface area contributed by atoms with Gasteiger partial charge >= 0.3 is 0 Å². The molecule has 0 aromatic heterocycles. The van der Waals surface area contributed by atoms with Gasteiger partial charge in [-0.15, -0.1) is 10.8 Å². The molecule has 8 heavy (non-hydrogen) atoms. The fraction of sp³-hybridized carbons (Fsp3) is 1.00. The zero-order valence-electron chi connectivity index (χ0n) is 4.59. The van der Waals surface area contributed by atoms with Crippen LogP contribution in [0.4, 0.5) is 0 Å². The predicted octanol–water partition coefficient (Wildman–Crippen LogP) is 1.27. The topological polar surface area (TPSA) is 52.5 Å². The van der Waals surface area contributed by atoms with Crippen molar-refractivity contribution in [1.29, 1.82) is 0 Å². The van der Waals surface area contributed by atoms with Gasteiger partial charge in [-0.3, -0.25) is 9.11 Å². The fourth-order valence-corrected chi connectivity index (χ4v) is 1.98. The molecule has 0 aliphatic rings. The van der Waals surface area contributed by atoms with Crippen LogP contribution in [-0.4, -0.2) is 27.2 Å². The minimum absolute atomic E-state index is 0.365. The van der Waals surface area contributed by atoms with Gasteiger partial charge in [-0.2, -0.15) is 0 Å². The highest BCUT2D eigenvalue weighted by Crippen LogP contribution is 2.31. The van der Waals surface area contributed by atoms with Gasteiger partial charge in [-0.25, -0.2) is 4.72 Å². The van der Waals surface area contributed by atoms with Gasteiger partial charge in [-0.1, -0.05) is 15.9 Å². The van der Waals surface area contributed by atoms with Crippen molar-refractivity contribution in [3.63, 3.8) is 0 Å². The molecule has 0 amide bonds. The Balaban J connectivity index is 3.37. The Morgan fingerprint density at radius 3 is 2.25 bits per heavy atom. The Bertz CT molecular complexity index is 70.3. The monoisotopic (exact) mass is 203 g/mol. The first-order chi connectivity index (χ1) is 3.62. The summed E-state index contributed by atoms with van der Waals surface area (Å²) in [6.45, 7) is 0. The number of hydrogen-bond donors (Lipinski definition) is 3. The van der Waals surface area contributed by atoms with Crippen molar-refractivity contribution in [3.05, 3.63) is 0 Å². The molecular formula is C3H10BrNO2S. The molecule has 0 bridgehead atoms. The van der Waals surface area contributed by atoms with Crippen molar-refractivity contribution in [2.45, 2.75) is 0 Å². The van der Waals surface area contributed by atoms with E-state index in [0.717, 1.165) is 0 Å². The van der Waals surface area contributed by atoms with Crippen molar-refractivity contribution < 1.29 is 9.11 Å². The lowest BCUT2D eigenvalue weighted by molar-refractivity contribution is 0.478. The number of rotatable bonds is 3. The van der Waals surface area contributed by atoms with Gasteiger partial charge in [0.15, 0.2) is 0 Å². The lowest BCUT2D eigenvalue weighted by Crippen LogP contribution is -2.18. The maximum Gasteiger partial charge on any atom is 0.0625 e. The van der Waals surface area contributed by atoms with Crippen LogP contribution in [0.1, 0.15) is 0 Å². The summed E-state index contributed by atoms with van der Waals surface area (Å²) in [5.74, 6) is 0.365. The summed E-state index contributed by atoms with van der Waals surface area (Å²) < 4.78 is 20.0. The van der Waals surface area contributed by atoms with Gasteiger partial charge in [0.1, 0.15) is 0 Å². The third kappa shape index (κ3) is 3.68. The van der Waals surface area contributed by atoms with Crippen LogP contribution in [0.15, 0.2) is 0 Å². The van der Waals surface area contributed by atoms with Gasteiger partial charge in [0.25, 0.3) is 0 Å². The second-order valence-electron chi connectivity index (χ2n) is 1.26. The maximum atomic E-state index is 8.82. The summed E-state index contributed by atoms with van der Waals surface area (Å²) in [5.41, 5.74) is 0. The van der Waals surface area contributed by atoms with E-state index in [1.165, 1.54) is 7.05 Å². The van der Waals surface area contributed by atoms with E-state index in [1.54, 1.807) is 0 Å². The van der Waals surface area contributed by atoms with Crippen LogP contribution in [0, 0.1) is 0 Å². The molecule has 0 aromatic carbocycles. The Hall–Kier alpha value is 0.710. The number of halogens is 1. The Morgan fingerprint density at radius 2 is 2.12 bits per heavy atom. The van der Waals surface area contributed by atoms with Gasteiger partial charge in [0.05, 0.1) is 5.75 Å². The highest BCUT2D eigenvalue weighted by Gasteiger charge is 2.04. The molecule has 0 heterocycles. The van der Waals surface area contributed by atoms with Gasteiger partial charge < -0.3 is 0 Å². The van der Waals surface area contributed by atoms with Crippen molar-refractivity contribution in [3.8, 4) is 0 Å². The van der Waals surface area contributed by atoms with Crippen LogP contribution < -0.4 is 4.72 Å². The lowest BCUT2D eigenvalue weighted by Gasteiger charge is -2.29. The van der Waals surface area contributed by atoms with Crippen LogP contribution >= 0.6 is 26.7 Å². The molecule has 0 atom stereocenters. The summed E-state index contributed by atoms with van der Waals surface area (Å²) in [7, 11) is -0.941. The zero-order chi connectivity index (χ0) is 6.62. The van der Waals surface area contributed by atoms with Crippen LogP contribution in [0.25, 0.3) is 0 Å². The molecule has 0 spiro atoms. The van der Waals surface area contributed by atoms with Crippen LogP contribution in [0.2, 0.25) is 0 Å². The molecule has 0 rings (SSSR count). The van der Waals surface area contributed by atoms with Crippen molar-refractivity contribution in [2.24, 2.45) is 0 Å². The predicted molar refractivity (Wildman–Crippen MR) is 40.6 cm³/mol. The minimum Gasteiger partial charge on any atom is -0.286 e. The lowest BCUT2D eigenvalue weighted by atomic mass is 11.0. The van der Waals surface area contributed by atoms with E-state index in [-0.39, 0.29) is 0 Å². The Morgan fingerprint density at radius 1 is 1.62 bits per heavy atom. The third-order valence-electron chi connectivity index (χ3n) is 0.689. The molecule has 52 valence electrons. The normalized spacial score (nSPS) is 14.0. The molecule has 3 N–H and O–H groups in total. The van der Waals surface area contributed by atoms with Crippen molar-refractivity contribution in [1.82, 2.24) is 4.72 Å². The highest BCUT2D eigenvalue weighted by molar-refractivity contribution is 9.09.